The highest BCUT2D eigenvalue weighted by molar-refractivity contribution is 7.99. The van der Waals surface area contributed by atoms with Crippen molar-refractivity contribution in [1.29, 1.82) is 0 Å². The van der Waals surface area contributed by atoms with E-state index >= 15 is 0 Å². The summed E-state index contributed by atoms with van der Waals surface area (Å²) in [6.07, 6.45) is -15.5. The largest absolute Gasteiger partial charge is 0.467 e. The summed E-state index contributed by atoms with van der Waals surface area (Å²) in [6, 6.07) is 6.83. The molecule has 0 bridgehead atoms. The number of thioether (sulfide) groups is 1. The highest BCUT2D eigenvalue weighted by Crippen LogP contribution is 2.48. The smallest absolute Gasteiger partial charge is 0.342 e. The molecule has 0 saturated carbocycles. The summed E-state index contributed by atoms with van der Waals surface area (Å²) in [5.41, 5.74) is -4.20. The molecule has 0 radical (unpaired) electrons. The fourth-order valence-electron chi connectivity index (χ4n) is 7.45. The van der Waals surface area contributed by atoms with Crippen molar-refractivity contribution < 1.29 is 100 Å². The second-order valence-corrected chi connectivity index (χ2v) is 15.8. The monoisotopic (exact) mass is 927 g/mol. The number of rotatable bonds is 18. The third-order valence-corrected chi connectivity index (χ3v) is 10.6. The van der Waals surface area contributed by atoms with E-state index in [1.165, 1.54) is 0 Å². The highest BCUT2D eigenvalue weighted by atomic mass is 32.2. The minimum Gasteiger partial charge on any atom is -0.467 e. The first-order valence-corrected chi connectivity index (χ1v) is 20.6. The zero-order valence-electron chi connectivity index (χ0n) is 36.8. The van der Waals surface area contributed by atoms with E-state index in [2.05, 4.69) is 5.32 Å². The first-order valence-electron chi connectivity index (χ1n) is 19.7. The summed E-state index contributed by atoms with van der Waals surface area (Å²) in [5.74, 6) is -11.7. The van der Waals surface area contributed by atoms with Crippen LogP contribution in [0, 0.1) is 5.92 Å². The van der Waals surface area contributed by atoms with E-state index in [4.69, 9.17) is 52.1 Å². The van der Waals surface area contributed by atoms with E-state index in [9.17, 15) is 47.9 Å². The van der Waals surface area contributed by atoms with Gasteiger partial charge in [0.05, 0.1) is 19.1 Å². The molecule has 12 atom stereocenters. The van der Waals surface area contributed by atoms with Crippen LogP contribution in [0.15, 0.2) is 35.2 Å². The van der Waals surface area contributed by atoms with Crippen LogP contribution in [0.3, 0.4) is 0 Å². The van der Waals surface area contributed by atoms with E-state index in [1.54, 1.807) is 30.3 Å². The lowest BCUT2D eigenvalue weighted by molar-refractivity contribution is -0.288. The van der Waals surface area contributed by atoms with Crippen LogP contribution in [0.25, 0.3) is 0 Å². The molecule has 4 unspecified atom stereocenters. The number of nitrogens with one attached hydrogen (secondary N) is 1. The first kappa shape index (κ1) is 52.5. The zero-order valence-corrected chi connectivity index (χ0v) is 37.7. The van der Waals surface area contributed by atoms with Gasteiger partial charge in [0.25, 0.3) is 0 Å². The van der Waals surface area contributed by atoms with Crippen molar-refractivity contribution in [1.82, 2.24) is 5.32 Å². The molecule has 0 spiro atoms. The molecule has 23 heteroatoms. The van der Waals surface area contributed by atoms with Crippen molar-refractivity contribution in [3.8, 4) is 0 Å². The number of esters is 9. The van der Waals surface area contributed by atoms with E-state index in [0.29, 0.717) is 4.90 Å². The lowest BCUT2D eigenvalue weighted by atomic mass is 9.72. The zero-order chi connectivity index (χ0) is 48.1. The number of carbonyl (C=O) groups excluding carboxylic acids is 10. The minimum atomic E-state index is -2.85. The maximum Gasteiger partial charge on any atom is 0.342 e. The Kier molecular flexibility index (Phi) is 19.5. The average Bonchev–Trinajstić information content (AvgIpc) is 3.18. The molecule has 2 aliphatic rings. The molecule has 0 aliphatic carbocycles. The number of amides is 1. The molecule has 22 nitrogen and oxygen atoms in total. The summed E-state index contributed by atoms with van der Waals surface area (Å²) in [7, 11) is 0.911. The normalized spacial score (nSPS) is 26.5. The summed E-state index contributed by atoms with van der Waals surface area (Å²) in [4.78, 5) is 131. The predicted molar refractivity (Wildman–Crippen MR) is 213 cm³/mol. The van der Waals surface area contributed by atoms with Gasteiger partial charge in [-0.25, -0.2) is 4.79 Å². The van der Waals surface area contributed by atoms with Gasteiger partial charge >= 0.3 is 53.7 Å². The van der Waals surface area contributed by atoms with Gasteiger partial charge in [0, 0.05) is 73.6 Å². The Morgan fingerprint density at radius 1 is 0.703 bits per heavy atom. The predicted octanol–water partition coefficient (Wildman–Crippen LogP) is 1.04. The number of hydrogen-bond donors (Lipinski definition) is 1. The molecule has 2 aliphatic heterocycles. The van der Waals surface area contributed by atoms with Gasteiger partial charge in [0.15, 0.2) is 18.3 Å². The van der Waals surface area contributed by atoms with Gasteiger partial charge in [-0.3, -0.25) is 43.2 Å². The van der Waals surface area contributed by atoms with E-state index in [0.717, 1.165) is 81.2 Å². The summed E-state index contributed by atoms with van der Waals surface area (Å²) in [6.45, 7) is 7.63. The Morgan fingerprint density at radius 3 is 1.77 bits per heavy atom. The topological polar surface area (TPSA) is 284 Å². The SMILES string of the molecule is COC(=O)[C@@]1(C(OC(C)=O)[C@H]2[C@@H](OC(C)=O)[C@@H](COC(C)=O)O[C@@H](Sc3ccccc3)[C@@H]2OC(C)=O)C[C@H](OC(C)=O)[C@@H](NC(C)=O)C(C(OC(C)=O)C(COC(C)=O)OC(C)=O)O1. The van der Waals surface area contributed by atoms with E-state index < -0.39 is 151 Å². The van der Waals surface area contributed by atoms with Gasteiger partial charge in [-0.15, -0.1) is 0 Å². The quantitative estimate of drug-likeness (QED) is 0.159. The lowest BCUT2D eigenvalue weighted by Crippen LogP contribution is -2.74. The molecule has 2 fully saturated rings. The van der Waals surface area contributed by atoms with Crippen molar-refractivity contribution in [2.75, 3.05) is 20.3 Å². The van der Waals surface area contributed by atoms with Crippen LogP contribution in [-0.4, -0.2) is 146 Å². The molecular weight excluding hydrogens is 875 g/mol. The third kappa shape index (κ3) is 14.6. The third-order valence-electron chi connectivity index (χ3n) is 9.44. The van der Waals surface area contributed by atoms with Crippen molar-refractivity contribution in [3.05, 3.63) is 30.3 Å². The molecule has 1 aromatic rings. The fourth-order valence-corrected chi connectivity index (χ4v) is 8.61. The molecule has 3 rings (SSSR count). The lowest BCUT2D eigenvalue weighted by Gasteiger charge is -2.54. The van der Waals surface area contributed by atoms with E-state index in [1.807, 2.05) is 0 Å². The van der Waals surface area contributed by atoms with Crippen molar-refractivity contribution in [2.45, 2.75) is 140 Å². The number of carbonyl (C=O) groups is 10. The van der Waals surface area contributed by atoms with Crippen LogP contribution in [0.4, 0.5) is 0 Å². The molecule has 64 heavy (non-hydrogen) atoms. The molecule has 1 N–H and O–H groups in total. The maximum atomic E-state index is 14.8. The van der Waals surface area contributed by atoms with Gasteiger partial charge in [-0.05, 0) is 12.1 Å². The number of hydrogen-bond acceptors (Lipinski definition) is 22. The van der Waals surface area contributed by atoms with Crippen molar-refractivity contribution in [3.63, 3.8) is 0 Å². The number of methoxy groups -OCH3 is 1. The highest BCUT2D eigenvalue weighted by Gasteiger charge is 2.68. The second kappa shape index (κ2) is 23.8. The van der Waals surface area contributed by atoms with Gasteiger partial charge < -0.3 is 57.4 Å². The maximum absolute atomic E-state index is 14.8. The Labute approximate surface area is 372 Å². The molecule has 0 aromatic heterocycles. The molecule has 354 valence electrons. The molecular formula is C41H53NO21S. The van der Waals surface area contributed by atoms with Gasteiger partial charge in [-0.1, -0.05) is 30.0 Å². The van der Waals surface area contributed by atoms with Crippen molar-refractivity contribution >= 4 is 71.4 Å². The van der Waals surface area contributed by atoms with Crippen LogP contribution in [-0.2, 0) is 100 Å². The Hall–Kier alpha value is -5.81. The van der Waals surface area contributed by atoms with E-state index in [-0.39, 0.29) is 0 Å². The number of ether oxygens (including phenoxy) is 11. The molecule has 1 aromatic carbocycles. The van der Waals surface area contributed by atoms with Gasteiger partial charge in [0.1, 0.15) is 49.2 Å². The molecule has 1 amide bonds. The minimum absolute atomic E-state index is 0.530. The van der Waals surface area contributed by atoms with Gasteiger partial charge in [0.2, 0.25) is 11.5 Å². The van der Waals surface area contributed by atoms with Crippen LogP contribution >= 0.6 is 11.8 Å². The molecule has 2 saturated heterocycles. The van der Waals surface area contributed by atoms with Crippen LogP contribution in [0.1, 0.15) is 68.7 Å². The summed E-state index contributed by atoms with van der Waals surface area (Å²) >= 11 is 0.977. The van der Waals surface area contributed by atoms with Crippen LogP contribution in [0.5, 0.6) is 0 Å². The summed E-state index contributed by atoms with van der Waals surface area (Å²) in [5, 5.41) is 2.56. The van der Waals surface area contributed by atoms with Crippen molar-refractivity contribution in [2.24, 2.45) is 5.92 Å². The Balaban J connectivity index is 2.58. The standard InChI is InChI=1S/C41H53NO21S/c1-19(43)42-33-29(56-22(4)46)16-41(40(52)53-10,63-37(33)35(59-25(7)49)31(57-23(5)47)18-55-21(3)45)38(61-27(9)51)32-34(58-24(6)48)30(17-54-20(2)44)62-39(36(32)60-26(8)50)64-28-14-12-11-13-15-28/h11-15,29-39H,16-18H2,1-10H3,(H,42,43)/t29-,30+,31?,32-,33+,34-,35?,36+,37?,38?,39-,41-/m0/s1. The second-order valence-electron chi connectivity index (χ2n) is 14.6. The first-order chi connectivity index (χ1) is 30.0. The van der Waals surface area contributed by atoms with Crippen LogP contribution in [0.2, 0.25) is 0 Å². The summed E-state index contributed by atoms with van der Waals surface area (Å²) < 4.78 is 63.5. The van der Waals surface area contributed by atoms with Crippen LogP contribution < -0.4 is 5.32 Å². The Morgan fingerprint density at radius 2 is 1.27 bits per heavy atom. The van der Waals surface area contributed by atoms with Gasteiger partial charge in [-0.2, -0.15) is 0 Å². The number of benzene rings is 1. The molecule has 2 heterocycles. The average molecular weight is 928 g/mol. The Bertz CT molecular complexity index is 1890. The fraction of sp³-hybridized carbons (Fsp3) is 0.610.